The number of nitrogens with one attached hydrogen (secondary N) is 1. The van der Waals surface area contributed by atoms with Gasteiger partial charge >= 0.3 is 6.03 Å². The van der Waals surface area contributed by atoms with Gasteiger partial charge in [0.25, 0.3) is 5.92 Å². The Morgan fingerprint density at radius 2 is 2.00 bits per heavy atom. The van der Waals surface area contributed by atoms with E-state index in [4.69, 9.17) is 0 Å². The molecule has 0 bridgehead atoms. The molecule has 1 atom stereocenters. The van der Waals surface area contributed by atoms with Crippen molar-refractivity contribution >= 4 is 23.3 Å². The van der Waals surface area contributed by atoms with Crippen LogP contribution in [0.15, 0.2) is 36.5 Å². The summed E-state index contributed by atoms with van der Waals surface area (Å²) >= 11 is 0. The van der Waals surface area contributed by atoms with Crippen molar-refractivity contribution < 1.29 is 22.4 Å². The Bertz CT molecular complexity index is 1180. The number of urea groups is 1. The summed E-state index contributed by atoms with van der Waals surface area (Å²) in [6.45, 7) is -0.0792. The second-order valence-corrected chi connectivity index (χ2v) is 8.08. The van der Waals surface area contributed by atoms with Gasteiger partial charge in [-0.1, -0.05) is 0 Å². The standard InChI is InChI=1S/C21H20F4N6O/c22-13-3-4-15(23)14(10-13)16-2-1-8-30(16)18-6-5-17-26-11-19(31(17)28-18)27-20(32)29-9-7-21(24,25)12-29/h3-6,10-11,16H,1-2,7-9,12H2,(H,27,32)/t16-/m1/s1. The van der Waals surface area contributed by atoms with Gasteiger partial charge in [-0.3, -0.25) is 5.32 Å². The minimum atomic E-state index is -2.89. The number of hydrogen-bond donors (Lipinski definition) is 1. The molecule has 0 spiro atoms. The monoisotopic (exact) mass is 448 g/mol. The first-order valence-corrected chi connectivity index (χ1v) is 10.3. The van der Waals surface area contributed by atoms with Crippen LogP contribution in [-0.4, -0.2) is 51.1 Å². The van der Waals surface area contributed by atoms with E-state index in [1.165, 1.54) is 16.8 Å². The van der Waals surface area contributed by atoms with Gasteiger partial charge in [-0.15, -0.1) is 5.10 Å². The zero-order valence-corrected chi connectivity index (χ0v) is 16.9. The van der Waals surface area contributed by atoms with Crippen LogP contribution in [0, 0.1) is 11.6 Å². The van der Waals surface area contributed by atoms with Gasteiger partial charge in [0.05, 0.1) is 18.8 Å². The van der Waals surface area contributed by atoms with E-state index in [9.17, 15) is 22.4 Å². The summed E-state index contributed by atoms with van der Waals surface area (Å²) in [5.74, 6) is -3.15. The highest BCUT2D eigenvalue weighted by Gasteiger charge is 2.40. The van der Waals surface area contributed by atoms with Crippen LogP contribution < -0.4 is 10.2 Å². The molecule has 168 valence electrons. The third kappa shape index (κ3) is 3.71. The first-order valence-electron chi connectivity index (χ1n) is 10.3. The van der Waals surface area contributed by atoms with E-state index >= 15 is 0 Å². The molecule has 2 aromatic heterocycles. The first-order chi connectivity index (χ1) is 15.3. The molecule has 0 aliphatic carbocycles. The fraction of sp³-hybridized carbons (Fsp3) is 0.381. The second-order valence-electron chi connectivity index (χ2n) is 8.08. The summed E-state index contributed by atoms with van der Waals surface area (Å²) < 4.78 is 56.4. The molecule has 5 rings (SSSR count). The van der Waals surface area contributed by atoms with Crippen LogP contribution in [0.3, 0.4) is 0 Å². The highest BCUT2D eigenvalue weighted by Crippen LogP contribution is 2.37. The van der Waals surface area contributed by atoms with Crippen molar-refractivity contribution in [2.75, 3.05) is 29.9 Å². The van der Waals surface area contributed by atoms with E-state index in [0.29, 0.717) is 24.4 Å². The number of hydrogen-bond acceptors (Lipinski definition) is 4. The Morgan fingerprint density at radius 3 is 2.78 bits per heavy atom. The van der Waals surface area contributed by atoms with Crippen molar-refractivity contribution in [1.29, 1.82) is 0 Å². The molecule has 7 nitrogen and oxygen atoms in total. The molecule has 0 saturated carbocycles. The number of imidazole rings is 1. The zero-order valence-electron chi connectivity index (χ0n) is 16.9. The van der Waals surface area contributed by atoms with Gasteiger partial charge in [-0.25, -0.2) is 27.3 Å². The molecule has 0 unspecified atom stereocenters. The molecule has 1 N–H and O–H groups in total. The Morgan fingerprint density at radius 1 is 1.16 bits per heavy atom. The average Bonchev–Trinajstić information content (AvgIpc) is 3.48. The highest BCUT2D eigenvalue weighted by molar-refractivity contribution is 5.89. The van der Waals surface area contributed by atoms with Crippen LogP contribution in [0.25, 0.3) is 5.65 Å². The molecule has 2 amide bonds. The number of amides is 2. The fourth-order valence-corrected chi connectivity index (χ4v) is 4.33. The summed E-state index contributed by atoms with van der Waals surface area (Å²) in [7, 11) is 0. The summed E-state index contributed by atoms with van der Waals surface area (Å²) in [6, 6.07) is 5.78. The molecular formula is C21H20F4N6O. The van der Waals surface area contributed by atoms with E-state index in [2.05, 4.69) is 15.4 Å². The van der Waals surface area contributed by atoms with Crippen molar-refractivity contribution in [3.05, 3.63) is 53.7 Å². The minimum absolute atomic E-state index is 0.0388. The quantitative estimate of drug-likeness (QED) is 0.610. The SMILES string of the molecule is O=C(Nc1cnc2ccc(N3CCC[C@@H]3c3cc(F)ccc3F)nn12)N1CCC(F)(F)C1. The fourth-order valence-electron chi connectivity index (χ4n) is 4.33. The molecule has 3 aromatic rings. The third-order valence-electron chi connectivity index (χ3n) is 5.90. The van der Waals surface area contributed by atoms with E-state index in [1.807, 2.05) is 4.90 Å². The van der Waals surface area contributed by atoms with Crippen molar-refractivity contribution in [3.8, 4) is 0 Å². The predicted octanol–water partition coefficient (Wildman–Crippen LogP) is 4.22. The number of nitrogens with zero attached hydrogens (tertiary/aromatic N) is 5. The summed E-state index contributed by atoms with van der Waals surface area (Å²) in [5, 5.41) is 7.12. The smallest absolute Gasteiger partial charge is 0.323 e. The number of benzene rings is 1. The van der Waals surface area contributed by atoms with Gasteiger partial charge in [-0.2, -0.15) is 4.52 Å². The molecule has 2 aliphatic rings. The van der Waals surface area contributed by atoms with Gasteiger partial charge in [0.15, 0.2) is 11.5 Å². The first kappa shape index (κ1) is 20.5. The topological polar surface area (TPSA) is 65.8 Å². The van der Waals surface area contributed by atoms with E-state index in [-0.39, 0.29) is 30.4 Å². The Balaban J connectivity index is 1.42. The van der Waals surface area contributed by atoms with Gasteiger partial charge in [0, 0.05) is 25.1 Å². The third-order valence-corrected chi connectivity index (χ3v) is 5.90. The molecule has 0 radical (unpaired) electrons. The average molecular weight is 448 g/mol. The Labute approximate surface area is 180 Å². The van der Waals surface area contributed by atoms with Gasteiger partial charge in [0.2, 0.25) is 0 Å². The number of fused-ring (bicyclic) bond motifs is 1. The minimum Gasteiger partial charge on any atom is -0.348 e. The number of likely N-dealkylation sites (tertiary alicyclic amines) is 1. The molecule has 11 heteroatoms. The molecule has 4 heterocycles. The lowest BCUT2D eigenvalue weighted by Crippen LogP contribution is -2.35. The van der Waals surface area contributed by atoms with E-state index in [0.717, 1.165) is 23.5 Å². The lowest BCUT2D eigenvalue weighted by atomic mass is 10.0. The van der Waals surface area contributed by atoms with E-state index < -0.39 is 30.1 Å². The lowest BCUT2D eigenvalue weighted by molar-refractivity contribution is 0.0159. The van der Waals surface area contributed by atoms with Crippen LogP contribution in [-0.2, 0) is 0 Å². The zero-order chi connectivity index (χ0) is 22.5. The summed E-state index contributed by atoms with van der Waals surface area (Å²) in [5.41, 5.74) is 0.710. The molecule has 1 aromatic carbocycles. The van der Waals surface area contributed by atoms with Crippen molar-refractivity contribution in [2.45, 2.75) is 31.2 Å². The summed E-state index contributed by atoms with van der Waals surface area (Å²) in [4.78, 5) is 19.5. The number of aromatic nitrogens is 3. The van der Waals surface area contributed by atoms with Crippen molar-refractivity contribution in [3.63, 3.8) is 0 Å². The molecular weight excluding hydrogens is 428 g/mol. The highest BCUT2D eigenvalue weighted by atomic mass is 19.3. The molecule has 2 saturated heterocycles. The maximum atomic E-state index is 14.4. The number of rotatable bonds is 3. The molecule has 2 aliphatic heterocycles. The van der Waals surface area contributed by atoms with Gasteiger partial charge in [-0.05, 0) is 43.2 Å². The molecule has 32 heavy (non-hydrogen) atoms. The maximum absolute atomic E-state index is 14.4. The number of alkyl halides is 2. The van der Waals surface area contributed by atoms with Crippen molar-refractivity contribution in [2.24, 2.45) is 0 Å². The number of halogens is 4. The van der Waals surface area contributed by atoms with E-state index in [1.54, 1.807) is 12.1 Å². The van der Waals surface area contributed by atoms with Crippen LogP contribution >= 0.6 is 0 Å². The predicted molar refractivity (Wildman–Crippen MR) is 109 cm³/mol. The van der Waals surface area contributed by atoms with Gasteiger partial charge < -0.3 is 9.80 Å². The number of carbonyl (C=O) groups is 1. The summed E-state index contributed by atoms with van der Waals surface area (Å²) in [6.07, 6.45) is 2.43. The normalized spacial score (nSPS) is 20.3. The van der Waals surface area contributed by atoms with Crippen LogP contribution in [0.2, 0.25) is 0 Å². The number of carbonyl (C=O) groups excluding carboxylic acids is 1. The second kappa shape index (κ2) is 7.64. The van der Waals surface area contributed by atoms with Crippen LogP contribution in [0.5, 0.6) is 0 Å². The Hall–Kier alpha value is -3.37. The lowest BCUT2D eigenvalue weighted by Gasteiger charge is -2.26. The largest absolute Gasteiger partial charge is 0.348 e. The van der Waals surface area contributed by atoms with Crippen LogP contribution in [0.4, 0.5) is 34.0 Å². The van der Waals surface area contributed by atoms with Crippen LogP contribution in [0.1, 0.15) is 30.9 Å². The maximum Gasteiger partial charge on any atom is 0.323 e. The van der Waals surface area contributed by atoms with Gasteiger partial charge in [0.1, 0.15) is 17.5 Å². The Kier molecular flexibility index (Phi) is 4.90. The molecule has 2 fully saturated rings. The number of anilines is 2. The van der Waals surface area contributed by atoms with Crippen molar-refractivity contribution in [1.82, 2.24) is 19.5 Å².